The first-order valence-electron chi connectivity index (χ1n) is 9.77. The fraction of sp³-hybridized carbons (Fsp3) is 0.227. The third kappa shape index (κ3) is 4.67. The van der Waals surface area contributed by atoms with Gasteiger partial charge in [-0.3, -0.25) is 9.59 Å². The minimum atomic E-state index is -0.520. The van der Waals surface area contributed by atoms with Gasteiger partial charge in [-0.25, -0.2) is 14.4 Å². The topological polar surface area (TPSA) is 98.5 Å². The van der Waals surface area contributed by atoms with Gasteiger partial charge >= 0.3 is 0 Å². The van der Waals surface area contributed by atoms with Crippen LogP contribution in [-0.4, -0.2) is 26.2 Å². The molecular formula is C22H19ClFN5O3. The Morgan fingerprint density at radius 1 is 1.28 bits per heavy atom. The molecule has 0 saturated heterocycles. The zero-order valence-corrected chi connectivity index (χ0v) is 18.1. The van der Waals surface area contributed by atoms with Crippen LogP contribution in [0, 0.1) is 12.7 Å². The molecule has 4 rings (SSSR count). The number of nitrogens with zero attached hydrogens (tertiary/aromatic N) is 4. The standard InChI is InChI=1S/C22H19ClFN5O3/c1-12-26-17(18-9-20(32-28-18)14-4-6-21(30)29(2)11-14)8-19(27-12)22(31)25-10-13-3-5-16(24)15(23)7-13/h3-8,11,20H,9-10H2,1-2H3,(H,25,31). The molecule has 1 aliphatic rings. The zero-order chi connectivity index (χ0) is 22.8. The molecule has 3 aromatic rings. The second-order valence-electron chi connectivity index (χ2n) is 7.36. The van der Waals surface area contributed by atoms with Crippen LogP contribution in [0.3, 0.4) is 0 Å². The first-order chi connectivity index (χ1) is 15.3. The van der Waals surface area contributed by atoms with E-state index in [2.05, 4.69) is 20.4 Å². The molecule has 1 amide bonds. The number of hydrogen-bond donors (Lipinski definition) is 1. The number of pyridine rings is 1. The summed E-state index contributed by atoms with van der Waals surface area (Å²) in [7, 11) is 1.67. The lowest BCUT2D eigenvalue weighted by Gasteiger charge is -2.10. The molecule has 0 saturated carbocycles. The van der Waals surface area contributed by atoms with Crippen molar-refractivity contribution in [2.75, 3.05) is 0 Å². The number of aryl methyl sites for hydroxylation is 2. The van der Waals surface area contributed by atoms with Crippen molar-refractivity contribution in [3.63, 3.8) is 0 Å². The number of oxime groups is 1. The Bertz CT molecular complexity index is 1290. The summed E-state index contributed by atoms with van der Waals surface area (Å²) < 4.78 is 14.8. The minimum Gasteiger partial charge on any atom is -0.387 e. The van der Waals surface area contributed by atoms with Crippen molar-refractivity contribution in [3.05, 3.63) is 92.1 Å². The summed E-state index contributed by atoms with van der Waals surface area (Å²) in [6.07, 6.45) is 1.79. The Labute approximate surface area is 187 Å². The predicted molar refractivity (Wildman–Crippen MR) is 116 cm³/mol. The van der Waals surface area contributed by atoms with Gasteiger partial charge in [-0.2, -0.15) is 0 Å². The van der Waals surface area contributed by atoms with Crippen LogP contribution in [0.15, 0.2) is 52.5 Å². The molecule has 1 unspecified atom stereocenters. The van der Waals surface area contributed by atoms with Crippen LogP contribution in [-0.2, 0) is 18.4 Å². The average Bonchev–Trinajstić information content (AvgIpc) is 3.26. The average molecular weight is 456 g/mol. The summed E-state index contributed by atoms with van der Waals surface area (Å²) >= 11 is 5.78. The van der Waals surface area contributed by atoms with E-state index < -0.39 is 11.7 Å². The molecule has 2 aromatic heterocycles. The summed E-state index contributed by atoms with van der Waals surface area (Å²) in [6, 6.07) is 8.97. The Kier molecular flexibility index (Phi) is 6.00. The van der Waals surface area contributed by atoms with Gasteiger partial charge in [0.05, 0.1) is 10.7 Å². The van der Waals surface area contributed by atoms with Crippen molar-refractivity contribution in [2.45, 2.75) is 26.0 Å². The highest BCUT2D eigenvalue weighted by atomic mass is 35.5. The molecule has 32 heavy (non-hydrogen) atoms. The first kappa shape index (κ1) is 21.6. The number of amides is 1. The van der Waals surface area contributed by atoms with Crippen LogP contribution < -0.4 is 10.9 Å². The second-order valence-corrected chi connectivity index (χ2v) is 7.77. The normalized spacial score (nSPS) is 15.2. The number of rotatable bonds is 5. The highest BCUT2D eigenvalue weighted by Gasteiger charge is 2.26. The van der Waals surface area contributed by atoms with E-state index in [9.17, 15) is 14.0 Å². The van der Waals surface area contributed by atoms with Crippen molar-refractivity contribution >= 4 is 23.2 Å². The fourth-order valence-electron chi connectivity index (χ4n) is 3.27. The quantitative estimate of drug-likeness (QED) is 0.637. The van der Waals surface area contributed by atoms with E-state index in [-0.39, 0.29) is 28.9 Å². The summed E-state index contributed by atoms with van der Waals surface area (Å²) in [4.78, 5) is 38.4. The largest absolute Gasteiger partial charge is 0.387 e. The number of hydrogen-bond acceptors (Lipinski definition) is 6. The maximum absolute atomic E-state index is 13.3. The lowest BCUT2D eigenvalue weighted by atomic mass is 10.0. The van der Waals surface area contributed by atoms with Crippen molar-refractivity contribution in [1.82, 2.24) is 19.9 Å². The molecule has 0 spiro atoms. The molecule has 0 fully saturated rings. The molecule has 3 heterocycles. The van der Waals surface area contributed by atoms with Crippen LogP contribution in [0.1, 0.15) is 45.7 Å². The predicted octanol–water partition coefficient (Wildman–Crippen LogP) is 3.07. The van der Waals surface area contributed by atoms with Crippen LogP contribution in [0.4, 0.5) is 4.39 Å². The Hall–Kier alpha value is -3.59. The SMILES string of the molecule is Cc1nc(C(=O)NCc2ccc(F)c(Cl)c2)cc(C2=NOC(c3ccc(=O)n(C)c3)C2)n1. The van der Waals surface area contributed by atoms with Gasteiger partial charge in [-0.05, 0) is 36.8 Å². The van der Waals surface area contributed by atoms with E-state index >= 15 is 0 Å². The Balaban J connectivity index is 1.47. The maximum atomic E-state index is 13.3. The minimum absolute atomic E-state index is 0.01000. The molecule has 0 radical (unpaired) electrons. The van der Waals surface area contributed by atoms with Gasteiger partial charge in [0.2, 0.25) is 5.56 Å². The molecule has 8 nitrogen and oxygen atoms in total. The van der Waals surface area contributed by atoms with Crippen molar-refractivity contribution in [3.8, 4) is 0 Å². The van der Waals surface area contributed by atoms with Gasteiger partial charge in [0.1, 0.15) is 23.0 Å². The summed E-state index contributed by atoms with van der Waals surface area (Å²) in [6.45, 7) is 1.84. The van der Waals surface area contributed by atoms with Crippen LogP contribution in [0.5, 0.6) is 0 Å². The number of nitrogens with one attached hydrogen (secondary N) is 1. The Morgan fingerprint density at radius 2 is 2.09 bits per heavy atom. The van der Waals surface area contributed by atoms with Gasteiger partial charge in [0.15, 0.2) is 6.10 Å². The number of carbonyl (C=O) groups excluding carboxylic acids is 1. The van der Waals surface area contributed by atoms with Crippen LogP contribution >= 0.6 is 11.6 Å². The maximum Gasteiger partial charge on any atom is 0.270 e. The highest BCUT2D eigenvalue weighted by molar-refractivity contribution is 6.30. The smallest absolute Gasteiger partial charge is 0.270 e. The second kappa shape index (κ2) is 8.88. The molecule has 0 aliphatic carbocycles. The van der Waals surface area contributed by atoms with Crippen LogP contribution in [0.25, 0.3) is 0 Å². The number of benzene rings is 1. The van der Waals surface area contributed by atoms with E-state index in [1.165, 1.54) is 22.8 Å². The van der Waals surface area contributed by atoms with Crippen molar-refractivity contribution in [2.24, 2.45) is 12.2 Å². The number of carbonyl (C=O) groups is 1. The third-order valence-electron chi connectivity index (χ3n) is 4.95. The number of aromatic nitrogens is 3. The molecule has 10 heteroatoms. The van der Waals surface area contributed by atoms with Gasteiger partial charge < -0.3 is 14.7 Å². The molecule has 1 N–H and O–H groups in total. The third-order valence-corrected chi connectivity index (χ3v) is 5.24. The molecule has 164 valence electrons. The van der Waals surface area contributed by atoms with E-state index in [4.69, 9.17) is 16.4 Å². The lowest BCUT2D eigenvalue weighted by Crippen LogP contribution is -2.25. The number of halogens is 2. The van der Waals surface area contributed by atoms with Crippen molar-refractivity contribution in [1.29, 1.82) is 0 Å². The summed E-state index contributed by atoms with van der Waals surface area (Å²) in [5.41, 5.74) is 2.59. The lowest BCUT2D eigenvalue weighted by molar-refractivity contribution is 0.0852. The van der Waals surface area contributed by atoms with E-state index in [0.29, 0.717) is 29.2 Å². The van der Waals surface area contributed by atoms with Gasteiger partial charge in [-0.15, -0.1) is 0 Å². The first-order valence-corrected chi connectivity index (χ1v) is 10.2. The zero-order valence-electron chi connectivity index (χ0n) is 17.3. The molecule has 1 aromatic carbocycles. The van der Waals surface area contributed by atoms with E-state index in [1.807, 2.05) is 0 Å². The molecule has 1 atom stereocenters. The summed E-state index contributed by atoms with van der Waals surface area (Å²) in [5.74, 6) is -0.523. The van der Waals surface area contributed by atoms with Gasteiger partial charge in [0.25, 0.3) is 5.91 Å². The monoisotopic (exact) mass is 455 g/mol. The van der Waals surface area contributed by atoms with Gasteiger partial charge in [0, 0.05) is 37.8 Å². The fourth-order valence-corrected chi connectivity index (χ4v) is 3.47. The molecular weight excluding hydrogens is 437 g/mol. The summed E-state index contributed by atoms with van der Waals surface area (Å²) in [5, 5.41) is 6.86. The van der Waals surface area contributed by atoms with Crippen molar-refractivity contribution < 1.29 is 14.0 Å². The Morgan fingerprint density at radius 3 is 2.84 bits per heavy atom. The van der Waals surface area contributed by atoms with E-state index in [0.717, 1.165) is 5.56 Å². The van der Waals surface area contributed by atoms with Crippen LogP contribution in [0.2, 0.25) is 5.02 Å². The molecule has 1 aliphatic heterocycles. The highest BCUT2D eigenvalue weighted by Crippen LogP contribution is 2.28. The molecule has 0 bridgehead atoms. The van der Waals surface area contributed by atoms with Gasteiger partial charge in [-0.1, -0.05) is 22.8 Å². The van der Waals surface area contributed by atoms with E-state index in [1.54, 1.807) is 38.4 Å².